The molecule has 0 radical (unpaired) electrons. The Morgan fingerprint density at radius 1 is 1.35 bits per heavy atom. The Bertz CT molecular complexity index is 652. The number of halogens is 2. The van der Waals surface area contributed by atoms with E-state index >= 15 is 0 Å². The molecule has 1 aromatic heterocycles. The highest BCUT2D eigenvalue weighted by Crippen LogP contribution is 2.47. The summed E-state index contributed by atoms with van der Waals surface area (Å²) in [5.74, 6) is 2.17. The number of nitrogens with zero attached hydrogens (tertiary/aromatic N) is 2. The molecule has 0 unspecified atom stereocenters. The van der Waals surface area contributed by atoms with Crippen LogP contribution in [0, 0.1) is 11.7 Å². The fraction of sp³-hybridized carbons (Fsp3) is 0.500. The molecule has 1 aliphatic carbocycles. The number of hydrogen-bond donors (Lipinski definition) is 1. The van der Waals surface area contributed by atoms with E-state index in [2.05, 4.69) is 15.5 Å². The number of nitrogens with one attached hydrogen (secondary N) is 1. The first-order chi connectivity index (χ1) is 10.8. The van der Waals surface area contributed by atoms with Gasteiger partial charge in [0.25, 0.3) is 0 Å². The first kappa shape index (κ1) is 16.2. The molecular formula is C16H19ClFN3O2. The summed E-state index contributed by atoms with van der Waals surface area (Å²) in [6, 6.07) is 5.90. The maximum absolute atomic E-state index is 12.8. The van der Waals surface area contributed by atoms with E-state index in [9.17, 15) is 4.39 Å². The van der Waals surface area contributed by atoms with Gasteiger partial charge in [0, 0.05) is 6.54 Å². The Balaban J connectivity index is 0.00000156. The topological polar surface area (TPSA) is 60.2 Å². The summed E-state index contributed by atoms with van der Waals surface area (Å²) in [6.07, 6.45) is 3.54. The fourth-order valence-electron chi connectivity index (χ4n) is 3.69. The van der Waals surface area contributed by atoms with Crippen molar-refractivity contribution in [2.75, 3.05) is 13.1 Å². The zero-order valence-electron chi connectivity index (χ0n) is 12.6. The van der Waals surface area contributed by atoms with E-state index in [4.69, 9.17) is 9.26 Å². The standard InChI is InChI=1S/C16H18FN3O2.ClH/c17-12-3-5-13(6-4-12)21-9-14-19-15(22-20-14)16-7-1-2-11(16)8-18-10-16;/h3-6,11,18H,1-2,7-10H2;1H/t11-,16-;/m1./s1. The van der Waals surface area contributed by atoms with Gasteiger partial charge in [-0.25, -0.2) is 4.39 Å². The van der Waals surface area contributed by atoms with Crippen LogP contribution < -0.4 is 10.1 Å². The van der Waals surface area contributed by atoms with Crippen molar-refractivity contribution < 1.29 is 13.7 Å². The first-order valence-corrected chi connectivity index (χ1v) is 7.68. The molecule has 2 aliphatic rings. The predicted octanol–water partition coefficient (Wildman–Crippen LogP) is 2.85. The normalized spacial score (nSPS) is 25.9. The van der Waals surface area contributed by atoms with Crippen LogP contribution in [0.3, 0.4) is 0 Å². The first-order valence-electron chi connectivity index (χ1n) is 7.68. The molecule has 1 saturated heterocycles. The van der Waals surface area contributed by atoms with Crippen molar-refractivity contribution in [2.24, 2.45) is 5.92 Å². The van der Waals surface area contributed by atoms with Crippen LogP contribution in [0.4, 0.5) is 4.39 Å². The van der Waals surface area contributed by atoms with Crippen LogP contribution in [0.5, 0.6) is 5.75 Å². The smallest absolute Gasteiger partial charge is 0.234 e. The average molecular weight is 340 g/mol. The third kappa shape index (κ3) is 2.93. The van der Waals surface area contributed by atoms with E-state index < -0.39 is 0 Å². The molecule has 2 atom stereocenters. The van der Waals surface area contributed by atoms with Crippen molar-refractivity contribution in [3.8, 4) is 5.75 Å². The molecule has 1 N–H and O–H groups in total. The minimum atomic E-state index is -0.283. The maximum Gasteiger partial charge on any atom is 0.234 e. The van der Waals surface area contributed by atoms with E-state index in [1.54, 1.807) is 12.1 Å². The van der Waals surface area contributed by atoms with Crippen LogP contribution in [0.1, 0.15) is 31.0 Å². The molecule has 0 amide bonds. The van der Waals surface area contributed by atoms with Gasteiger partial charge in [0.15, 0.2) is 6.61 Å². The fourth-order valence-corrected chi connectivity index (χ4v) is 3.69. The molecule has 2 heterocycles. The summed E-state index contributed by atoms with van der Waals surface area (Å²) >= 11 is 0. The molecule has 0 spiro atoms. The van der Waals surface area contributed by atoms with Crippen molar-refractivity contribution >= 4 is 12.4 Å². The van der Waals surface area contributed by atoms with E-state index in [0.29, 0.717) is 17.5 Å². The average Bonchev–Trinajstić information content (AvgIpc) is 3.21. The molecule has 4 rings (SSSR count). The van der Waals surface area contributed by atoms with Crippen molar-refractivity contribution in [3.05, 3.63) is 41.8 Å². The molecule has 7 heteroatoms. The molecule has 1 saturated carbocycles. The van der Waals surface area contributed by atoms with Gasteiger partial charge < -0.3 is 14.6 Å². The number of rotatable bonds is 4. The lowest BCUT2D eigenvalue weighted by Crippen LogP contribution is -2.31. The van der Waals surface area contributed by atoms with Gasteiger partial charge in [-0.1, -0.05) is 11.6 Å². The van der Waals surface area contributed by atoms with Gasteiger partial charge in [-0.05, 0) is 49.6 Å². The molecule has 2 aromatic rings. The highest BCUT2D eigenvalue weighted by atomic mass is 35.5. The highest BCUT2D eigenvalue weighted by molar-refractivity contribution is 5.85. The molecule has 124 valence electrons. The number of ether oxygens (including phenoxy) is 1. The predicted molar refractivity (Wildman–Crippen MR) is 84.2 cm³/mol. The quantitative estimate of drug-likeness (QED) is 0.928. The Morgan fingerprint density at radius 3 is 3.00 bits per heavy atom. The zero-order chi connectivity index (χ0) is 15.0. The van der Waals surface area contributed by atoms with Crippen LogP contribution in [-0.2, 0) is 12.0 Å². The van der Waals surface area contributed by atoms with Crippen molar-refractivity contribution in [3.63, 3.8) is 0 Å². The Labute approximate surface area is 140 Å². The summed E-state index contributed by atoms with van der Waals surface area (Å²) in [5.41, 5.74) is 0.0150. The molecule has 1 aliphatic heterocycles. The van der Waals surface area contributed by atoms with Crippen LogP contribution >= 0.6 is 12.4 Å². The lowest BCUT2D eigenvalue weighted by atomic mass is 9.80. The van der Waals surface area contributed by atoms with Gasteiger partial charge in [0.05, 0.1) is 5.41 Å². The Kier molecular flexibility index (Phi) is 4.55. The second-order valence-corrected chi connectivity index (χ2v) is 6.13. The monoisotopic (exact) mass is 339 g/mol. The van der Waals surface area contributed by atoms with Gasteiger partial charge in [-0.15, -0.1) is 12.4 Å². The summed E-state index contributed by atoms with van der Waals surface area (Å²) in [4.78, 5) is 4.54. The summed E-state index contributed by atoms with van der Waals surface area (Å²) in [7, 11) is 0. The minimum Gasteiger partial charge on any atom is -0.485 e. The van der Waals surface area contributed by atoms with E-state index in [0.717, 1.165) is 25.4 Å². The lowest BCUT2D eigenvalue weighted by molar-refractivity contribution is 0.257. The van der Waals surface area contributed by atoms with E-state index in [-0.39, 0.29) is 30.2 Å². The molecule has 5 nitrogen and oxygen atoms in total. The molecule has 0 bridgehead atoms. The number of hydrogen-bond acceptors (Lipinski definition) is 5. The van der Waals surface area contributed by atoms with Gasteiger partial charge in [-0.3, -0.25) is 0 Å². The van der Waals surface area contributed by atoms with Crippen molar-refractivity contribution in [2.45, 2.75) is 31.3 Å². The highest BCUT2D eigenvalue weighted by Gasteiger charge is 2.51. The zero-order valence-corrected chi connectivity index (χ0v) is 13.4. The van der Waals surface area contributed by atoms with Crippen molar-refractivity contribution in [1.29, 1.82) is 0 Å². The van der Waals surface area contributed by atoms with Gasteiger partial charge in [0.2, 0.25) is 11.7 Å². The van der Waals surface area contributed by atoms with Crippen molar-refractivity contribution in [1.82, 2.24) is 15.5 Å². The van der Waals surface area contributed by atoms with E-state index in [1.807, 2.05) is 0 Å². The number of aromatic nitrogens is 2. The maximum atomic E-state index is 12.8. The largest absolute Gasteiger partial charge is 0.485 e. The van der Waals surface area contributed by atoms with Gasteiger partial charge in [-0.2, -0.15) is 4.98 Å². The summed E-state index contributed by atoms with van der Waals surface area (Å²) in [6.45, 7) is 2.17. The summed E-state index contributed by atoms with van der Waals surface area (Å²) in [5, 5.41) is 7.48. The SMILES string of the molecule is Cl.Fc1ccc(OCc2noc([C@@]34CCC[C@@H]3CNC4)n2)cc1. The lowest BCUT2D eigenvalue weighted by Gasteiger charge is -2.22. The third-order valence-corrected chi connectivity index (χ3v) is 4.86. The molecule has 2 fully saturated rings. The molecule has 1 aromatic carbocycles. The molecule has 23 heavy (non-hydrogen) atoms. The number of fused-ring (bicyclic) bond motifs is 1. The number of benzene rings is 1. The van der Waals surface area contributed by atoms with Crippen LogP contribution in [0.15, 0.2) is 28.8 Å². The van der Waals surface area contributed by atoms with Crippen LogP contribution in [0.25, 0.3) is 0 Å². The summed E-state index contributed by atoms with van der Waals surface area (Å²) < 4.78 is 23.9. The second kappa shape index (κ2) is 6.45. The molecular weight excluding hydrogens is 321 g/mol. The van der Waals surface area contributed by atoms with E-state index in [1.165, 1.54) is 25.0 Å². The Hall–Kier alpha value is -1.66. The van der Waals surface area contributed by atoms with Crippen LogP contribution in [0.2, 0.25) is 0 Å². The Morgan fingerprint density at radius 2 is 2.17 bits per heavy atom. The van der Waals surface area contributed by atoms with Gasteiger partial charge in [0.1, 0.15) is 11.6 Å². The van der Waals surface area contributed by atoms with Gasteiger partial charge >= 0.3 is 0 Å². The minimum absolute atomic E-state index is 0. The third-order valence-electron chi connectivity index (χ3n) is 4.86. The second-order valence-electron chi connectivity index (χ2n) is 6.13. The van der Waals surface area contributed by atoms with Crippen LogP contribution in [-0.4, -0.2) is 23.2 Å².